The predicted octanol–water partition coefficient (Wildman–Crippen LogP) is 3.33. The minimum absolute atomic E-state index is 0. The summed E-state index contributed by atoms with van der Waals surface area (Å²) in [5, 5.41) is 10.5. The number of aromatic nitrogens is 2. The van der Waals surface area contributed by atoms with Crippen molar-refractivity contribution < 1.29 is 9.32 Å². The number of carbonyl (C=O) groups is 1. The van der Waals surface area contributed by atoms with Crippen molar-refractivity contribution in [1.82, 2.24) is 15.5 Å². The second-order valence-electron chi connectivity index (χ2n) is 6.81. The molecule has 134 valence electrons. The zero-order valence-corrected chi connectivity index (χ0v) is 15.0. The van der Waals surface area contributed by atoms with Gasteiger partial charge >= 0.3 is 0 Å². The van der Waals surface area contributed by atoms with E-state index in [-0.39, 0.29) is 24.4 Å². The van der Waals surface area contributed by atoms with E-state index in [2.05, 4.69) is 20.8 Å². The molecule has 2 N–H and O–H groups in total. The van der Waals surface area contributed by atoms with Crippen LogP contribution in [0, 0.1) is 12.8 Å². The second kappa shape index (κ2) is 7.54. The molecule has 0 spiro atoms. The Labute approximate surface area is 153 Å². The molecule has 3 unspecified atom stereocenters. The maximum absolute atomic E-state index is 12.6. The molecule has 7 heteroatoms. The van der Waals surface area contributed by atoms with Crippen molar-refractivity contribution >= 4 is 24.0 Å². The van der Waals surface area contributed by atoms with E-state index in [9.17, 15) is 4.79 Å². The van der Waals surface area contributed by atoms with Gasteiger partial charge in [0.15, 0.2) is 0 Å². The number of aryl methyl sites for hydroxylation is 1. The van der Waals surface area contributed by atoms with Crippen LogP contribution in [0.1, 0.15) is 38.0 Å². The van der Waals surface area contributed by atoms with Gasteiger partial charge in [0.1, 0.15) is 0 Å². The molecule has 25 heavy (non-hydrogen) atoms. The van der Waals surface area contributed by atoms with E-state index >= 15 is 0 Å². The molecule has 2 fully saturated rings. The van der Waals surface area contributed by atoms with Gasteiger partial charge in [-0.15, -0.1) is 12.4 Å². The minimum atomic E-state index is -0.0887. The Morgan fingerprint density at radius 1 is 1.32 bits per heavy atom. The first kappa shape index (κ1) is 17.9. The van der Waals surface area contributed by atoms with Crippen LogP contribution in [0.4, 0.5) is 5.69 Å². The van der Waals surface area contributed by atoms with Gasteiger partial charge in [-0.1, -0.05) is 30.1 Å². The number of carbonyl (C=O) groups excluding carboxylic acids is 1. The van der Waals surface area contributed by atoms with E-state index in [1.807, 2.05) is 24.3 Å². The number of nitrogens with one attached hydrogen (secondary N) is 2. The summed E-state index contributed by atoms with van der Waals surface area (Å²) in [5.41, 5.74) is 1.59. The van der Waals surface area contributed by atoms with Gasteiger partial charge in [0, 0.05) is 24.2 Å². The van der Waals surface area contributed by atoms with Crippen molar-refractivity contribution in [3.05, 3.63) is 30.2 Å². The molecule has 1 amide bonds. The highest BCUT2D eigenvalue weighted by Crippen LogP contribution is 2.33. The molecule has 6 nitrogen and oxygen atoms in total. The molecule has 1 aromatic carbocycles. The summed E-state index contributed by atoms with van der Waals surface area (Å²) in [6.45, 7) is 1.76. The Kier molecular flexibility index (Phi) is 5.39. The van der Waals surface area contributed by atoms with Crippen molar-refractivity contribution in [2.75, 3.05) is 5.32 Å². The third-order valence-electron chi connectivity index (χ3n) is 5.10. The van der Waals surface area contributed by atoms with Crippen LogP contribution < -0.4 is 10.6 Å². The number of nitrogens with zero attached hydrogens (tertiary/aromatic N) is 2. The minimum Gasteiger partial charge on any atom is -0.339 e. The molecule has 0 radical (unpaired) electrons. The van der Waals surface area contributed by atoms with Gasteiger partial charge in [0.05, 0.1) is 6.04 Å². The summed E-state index contributed by atoms with van der Waals surface area (Å²) in [7, 11) is 0. The number of hydrogen-bond donors (Lipinski definition) is 2. The molecule has 1 saturated heterocycles. The summed E-state index contributed by atoms with van der Waals surface area (Å²) < 4.78 is 5.02. The maximum atomic E-state index is 12.6. The lowest BCUT2D eigenvalue weighted by atomic mass is 9.85. The molecular weight excluding hydrogens is 340 g/mol. The Bertz CT molecular complexity index is 734. The molecule has 0 bridgehead atoms. The lowest BCUT2D eigenvalue weighted by molar-refractivity contribution is -0.117. The van der Waals surface area contributed by atoms with Gasteiger partial charge in [-0.3, -0.25) is 4.79 Å². The molecule has 1 aliphatic carbocycles. The van der Waals surface area contributed by atoms with Crippen molar-refractivity contribution in [3.8, 4) is 11.4 Å². The normalized spacial score (nSPS) is 25.1. The van der Waals surface area contributed by atoms with Gasteiger partial charge < -0.3 is 15.2 Å². The molecule has 1 aliphatic heterocycles. The number of amides is 1. The summed E-state index contributed by atoms with van der Waals surface area (Å²) in [6, 6.07) is 7.98. The van der Waals surface area contributed by atoms with Crippen molar-refractivity contribution in [3.63, 3.8) is 0 Å². The van der Waals surface area contributed by atoms with E-state index in [1.165, 1.54) is 25.7 Å². The first-order valence-electron chi connectivity index (χ1n) is 8.67. The van der Waals surface area contributed by atoms with Gasteiger partial charge in [0.25, 0.3) is 0 Å². The average molecular weight is 363 g/mol. The monoisotopic (exact) mass is 362 g/mol. The molecular formula is C18H23ClN4O2. The van der Waals surface area contributed by atoms with Crippen molar-refractivity contribution in [2.24, 2.45) is 5.92 Å². The molecule has 2 heterocycles. The van der Waals surface area contributed by atoms with E-state index in [0.29, 0.717) is 23.7 Å². The Morgan fingerprint density at radius 3 is 2.92 bits per heavy atom. The van der Waals surface area contributed by atoms with Crippen LogP contribution in [0.5, 0.6) is 0 Å². The van der Waals surface area contributed by atoms with E-state index < -0.39 is 0 Å². The Hall–Kier alpha value is -1.92. The molecule has 2 aromatic rings. The zero-order chi connectivity index (χ0) is 16.5. The van der Waals surface area contributed by atoms with E-state index in [1.54, 1.807) is 6.92 Å². The SMILES string of the molecule is Cc1nc(-c2cccc(NC(=O)C3CC4CCCCC4N3)c2)no1.Cl. The van der Waals surface area contributed by atoms with Crippen LogP contribution >= 0.6 is 12.4 Å². The van der Waals surface area contributed by atoms with E-state index in [4.69, 9.17) is 4.52 Å². The van der Waals surface area contributed by atoms with Crippen LogP contribution in [-0.2, 0) is 4.79 Å². The smallest absolute Gasteiger partial charge is 0.241 e. The van der Waals surface area contributed by atoms with Crippen LogP contribution in [0.3, 0.4) is 0 Å². The lowest BCUT2D eigenvalue weighted by Crippen LogP contribution is -2.39. The first-order chi connectivity index (χ1) is 11.7. The predicted molar refractivity (Wildman–Crippen MR) is 97.6 cm³/mol. The molecule has 2 aliphatic rings. The average Bonchev–Trinajstić information content (AvgIpc) is 3.21. The van der Waals surface area contributed by atoms with Crippen LogP contribution in [-0.4, -0.2) is 28.1 Å². The Morgan fingerprint density at radius 2 is 2.16 bits per heavy atom. The molecule has 1 aromatic heterocycles. The second-order valence-corrected chi connectivity index (χ2v) is 6.81. The summed E-state index contributed by atoms with van der Waals surface area (Å²) in [6.07, 6.45) is 5.95. The Balaban J connectivity index is 0.00000182. The van der Waals surface area contributed by atoms with Gasteiger partial charge in [-0.2, -0.15) is 4.98 Å². The highest BCUT2D eigenvalue weighted by atomic mass is 35.5. The van der Waals surface area contributed by atoms with E-state index in [0.717, 1.165) is 17.7 Å². The number of fused-ring (bicyclic) bond motifs is 1. The number of anilines is 1. The summed E-state index contributed by atoms with van der Waals surface area (Å²) >= 11 is 0. The molecule has 3 atom stereocenters. The first-order valence-corrected chi connectivity index (χ1v) is 8.67. The van der Waals surface area contributed by atoms with Gasteiger partial charge in [-0.05, 0) is 37.3 Å². The number of rotatable bonds is 3. The fourth-order valence-corrected chi connectivity index (χ4v) is 3.90. The third kappa shape index (κ3) is 3.85. The lowest BCUT2D eigenvalue weighted by Gasteiger charge is -2.24. The fourth-order valence-electron chi connectivity index (χ4n) is 3.90. The maximum Gasteiger partial charge on any atom is 0.241 e. The van der Waals surface area contributed by atoms with Crippen molar-refractivity contribution in [2.45, 2.75) is 51.1 Å². The van der Waals surface area contributed by atoms with Gasteiger partial charge in [0.2, 0.25) is 17.6 Å². The molecule has 1 saturated carbocycles. The van der Waals surface area contributed by atoms with Crippen LogP contribution in [0.2, 0.25) is 0 Å². The summed E-state index contributed by atoms with van der Waals surface area (Å²) in [5.74, 6) is 1.76. The van der Waals surface area contributed by atoms with Crippen LogP contribution in [0.25, 0.3) is 11.4 Å². The molecule has 4 rings (SSSR count). The fraction of sp³-hybridized carbons (Fsp3) is 0.500. The third-order valence-corrected chi connectivity index (χ3v) is 5.10. The number of halogens is 1. The highest BCUT2D eigenvalue weighted by Gasteiger charge is 2.38. The number of benzene rings is 1. The van der Waals surface area contributed by atoms with Gasteiger partial charge in [-0.25, -0.2) is 0 Å². The van der Waals surface area contributed by atoms with Crippen molar-refractivity contribution in [1.29, 1.82) is 0 Å². The zero-order valence-electron chi connectivity index (χ0n) is 14.2. The quantitative estimate of drug-likeness (QED) is 0.875. The number of hydrogen-bond acceptors (Lipinski definition) is 5. The van der Waals surface area contributed by atoms with Crippen LogP contribution in [0.15, 0.2) is 28.8 Å². The largest absolute Gasteiger partial charge is 0.339 e. The highest BCUT2D eigenvalue weighted by molar-refractivity contribution is 5.95. The summed E-state index contributed by atoms with van der Waals surface area (Å²) in [4.78, 5) is 16.8. The topological polar surface area (TPSA) is 80.0 Å². The standard InChI is InChI=1S/C18H22N4O2.ClH/c1-11-19-17(22-24-11)13-6-4-7-14(9-13)20-18(23)16-10-12-5-2-3-8-15(12)21-16;/h4,6-7,9,12,15-16,21H,2-3,5,8,10H2,1H3,(H,20,23);1H.